The topological polar surface area (TPSA) is 54.5 Å². The largest absolute Gasteiger partial charge is 0.343 e. The highest BCUT2D eigenvalue weighted by Gasteiger charge is 2.32. The minimum Gasteiger partial charge on any atom is -0.343 e. The summed E-state index contributed by atoms with van der Waals surface area (Å²) in [5, 5.41) is -0.570. The Morgan fingerprint density at radius 1 is 1.27 bits per heavy atom. The molecule has 0 atom stereocenters. The van der Waals surface area contributed by atoms with Gasteiger partial charge >= 0.3 is 0 Å². The summed E-state index contributed by atoms with van der Waals surface area (Å²) in [7, 11) is -2.99. The summed E-state index contributed by atoms with van der Waals surface area (Å²) >= 11 is 0. The minimum absolute atomic E-state index is 0.0374. The van der Waals surface area contributed by atoms with Crippen LogP contribution in [0.2, 0.25) is 0 Å². The van der Waals surface area contributed by atoms with E-state index in [2.05, 4.69) is 0 Å². The molecule has 0 radical (unpaired) electrons. The number of hydrogen-bond acceptors (Lipinski definition) is 3. The third-order valence-electron chi connectivity index (χ3n) is 3.01. The van der Waals surface area contributed by atoms with Crippen LogP contribution in [0.3, 0.4) is 0 Å². The van der Waals surface area contributed by atoms with Crippen LogP contribution in [0.4, 0.5) is 0 Å². The van der Waals surface area contributed by atoms with Gasteiger partial charge in [0.15, 0.2) is 9.84 Å². The molecule has 1 aliphatic heterocycles. The fourth-order valence-corrected chi connectivity index (χ4v) is 3.52. The second-order valence-corrected chi connectivity index (χ2v) is 7.13. The van der Waals surface area contributed by atoms with Crippen molar-refractivity contribution in [2.24, 2.45) is 0 Å². The van der Waals surface area contributed by atoms with Crippen molar-refractivity contribution in [3.63, 3.8) is 0 Å². The summed E-state index contributed by atoms with van der Waals surface area (Å²) < 4.78 is 23.7. The Kier molecular flexibility index (Phi) is 3.76. The second kappa shape index (κ2) is 4.51. The molecule has 1 amide bonds. The van der Waals surface area contributed by atoms with Crippen molar-refractivity contribution in [2.45, 2.75) is 44.1 Å². The molecule has 0 bridgehead atoms. The molecule has 1 heterocycles. The van der Waals surface area contributed by atoms with E-state index in [0.29, 0.717) is 25.9 Å². The molecular weight excluding hydrogens is 214 g/mol. The van der Waals surface area contributed by atoms with Crippen molar-refractivity contribution in [3.05, 3.63) is 0 Å². The Morgan fingerprint density at radius 3 is 2.07 bits per heavy atom. The zero-order valence-electron chi connectivity index (χ0n) is 9.56. The van der Waals surface area contributed by atoms with Crippen molar-refractivity contribution in [3.8, 4) is 0 Å². The van der Waals surface area contributed by atoms with Gasteiger partial charge in [0.25, 0.3) is 0 Å². The van der Waals surface area contributed by atoms with Gasteiger partial charge in [-0.05, 0) is 26.7 Å². The summed E-state index contributed by atoms with van der Waals surface area (Å²) in [6, 6.07) is 0. The van der Waals surface area contributed by atoms with Crippen LogP contribution in [0.5, 0.6) is 0 Å². The average Bonchev–Trinajstić information content (AvgIpc) is 2.17. The highest BCUT2D eigenvalue weighted by Crippen LogP contribution is 2.21. The lowest BCUT2D eigenvalue weighted by Gasteiger charge is -2.31. The molecule has 1 saturated heterocycles. The molecule has 5 heteroatoms. The quantitative estimate of drug-likeness (QED) is 0.709. The summed E-state index contributed by atoms with van der Waals surface area (Å²) in [5.74, 6) is 0.0374. The summed E-state index contributed by atoms with van der Waals surface area (Å²) in [6.45, 7) is 6.11. The first-order valence-corrected chi connectivity index (χ1v) is 6.95. The number of piperidine rings is 1. The Bertz CT molecular complexity index is 327. The van der Waals surface area contributed by atoms with Gasteiger partial charge in [0.05, 0.1) is 10.5 Å². The van der Waals surface area contributed by atoms with E-state index in [4.69, 9.17) is 0 Å². The Labute approximate surface area is 91.6 Å². The molecule has 0 saturated carbocycles. The first-order valence-electron chi connectivity index (χ1n) is 5.34. The van der Waals surface area contributed by atoms with Crippen molar-refractivity contribution >= 4 is 15.7 Å². The molecule has 0 aromatic heterocycles. The maximum atomic E-state index is 11.9. The molecular formula is C10H19NO3S. The van der Waals surface area contributed by atoms with Crippen LogP contribution in [0.25, 0.3) is 0 Å². The van der Waals surface area contributed by atoms with Gasteiger partial charge in [0.2, 0.25) is 5.91 Å². The van der Waals surface area contributed by atoms with Crippen molar-refractivity contribution in [2.75, 3.05) is 13.1 Å². The van der Waals surface area contributed by atoms with Crippen molar-refractivity contribution in [1.29, 1.82) is 0 Å². The van der Waals surface area contributed by atoms with Gasteiger partial charge in [-0.15, -0.1) is 0 Å². The normalized spacial score (nSPS) is 19.6. The molecule has 0 aromatic rings. The molecule has 15 heavy (non-hydrogen) atoms. The van der Waals surface area contributed by atoms with E-state index >= 15 is 0 Å². The number of nitrogens with zero attached hydrogens (tertiary/aromatic N) is 1. The van der Waals surface area contributed by atoms with Crippen LogP contribution >= 0.6 is 0 Å². The number of sulfone groups is 1. The summed E-state index contributed by atoms with van der Waals surface area (Å²) in [4.78, 5) is 12.8. The van der Waals surface area contributed by atoms with E-state index in [9.17, 15) is 13.2 Å². The van der Waals surface area contributed by atoms with Gasteiger partial charge in [-0.1, -0.05) is 0 Å². The zero-order valence-corrected chi connectivity index (χ0v) is 10.4. The van der Waals surface area contributed by atoms with E-state index in [1.807, 2.05) is 0 Å². The van der Waals surface area contributed by atoms with Crippen LogP contribution in [0.15, 0.2) is 0 Å². The predicted octanol–water partition coefficient (Wildman–Crippen LogP) is 0.821. The van der Waals surface area contributed by atoms with Gasteiger partial charge < -0.3 is 4.90 Å². The number of hydrogen-bond donors (Lipinski definition) is 0. The Hall–Kier alpha value is -0.580. The van der Waals surface area contributed by atoms with Gasteiger partial charge in [-0.3, -0.25) is 4.79 Å². The van der Waals surface area contributed by atoms with E-state index in [1.165, 1.54) is 6.92 Å². The van der Waals surface area contributed by atoms with Gasteiger partial charge in [0, 0.05) is 20.0 Å². The standard InChI is InChI=1S/C10H19NO3S/c1-8(2)15(13,14)10-4-6-11(7-5-10)9(3)12/h8,10H,4-7H2,1-3H3. The molecule has 0 aliphatic carbocycles. The predicted molar refractivity (Wildman–Crippen MR) is 59.3 cm³/mol. The smallest absolute Gasteiger partial charge is 0.219 e. The first kappa shape index (κ1) is 12.5. The molecule has 88 valence electrons. The van der Waals surface area contributed by atoms with E-state index in [-0.39, 0.29) is 16.4 Å². The zero-order chi connectivity index (χ0) is 11.6. The van der Waals surface area contributed by atoms with E-state index in [0.717, 1.165) is 0 Å². The Balaban J connectivity index is 2.62. The lowest BCUT2D eigenvalue weighted by Crippen LogP contribution is -2.43. The Morgan fingerprint density at radius 2 is 1.73 bits per heavy atom. The third-order valence-corrected chi connectivity index (χ3v) is 5.72. The van der Waals surface area contributed by atoms with Crippen LogP contribution < -0.4 is 0 Å². The lowest BCUT2D eigenvalue weighted by atomic mass is 10.1. The molecule has 1 fully saturated rings. The van der Waals surface area contributed by atoms with Gasteiger partial charge in [0.1, 0.15) is 0 Å². The number of rotatable bonds is 2. The molecule has 4 nitrogen and oxygen atoms in total. The molecule has 0 N–H and O–H groups in total. The molecule has 1 aliphatic rings. The summed E-state index contributed by atoms with van der Waals surface area (Å²) in [6.07, 6.45) is 1.17. The highest BCUT2D eigenvalue weighted by molar-refractivity contribution is 7.92. The molecule has 0 spiro atoms. The maximum absolute atomic E-state index is 11.9. The van der Waals surface area contributed by atoms with Gasteiger partial charge in [-0.25, -0.2) is 8.42 Å². The third kappa shape index (κ3) is 2.71. The fraction of sp³-hybridized carbons (Fsp3) is 0.900. The number of amides is 1. The second-order valence-electron chi connectivity index (χ2n) is 4.34. The monoisotopic (exact) mass is 233 g/mol. The molecule has 0 unspecified atom stereocenters. The highest BCUT2D eigenvalue weighted by atomic mass is 32.2. The fourth-order valence-electron chi connectivity index (χ4n) is 1.88. The first-order chi connectivity index (χ1) is 6.85. The van der Waals surface area contributed by atoms with E-state index < -0.39 is 9.84 Å². The van der Waals surface area contributed by atoms with E-state index in [1.54, 1.807) is 18.7 Å². The van der Waals surface area contributed by atoms with Gasteiger partial charge in [-0.2, -0.15) is 0 Å². The molecule has 0 aromatic carbocycles. The summed E-state index contributed by atoms with van der Waals surface area (Å²) in [5.41, 5.74) is 0. The maximum Gasteiger partial charge on any atom is 0.219 e. The number of likely N-dealkylation sites (tertiary alicyclic amines) is 1. The number of carbonyl (C=O) groups excluding carboxylic acids is 1. The minimum atomic E-state index is -2.99. The van der Waals surface area contributed by atoms with Crippen LogP contribution in [0.1, 0.15) is 33.6 Å². The van der Waals surface area contributed by atoms with Crippen molar-refractivity contribution in [1.82, 2.24) is 4.90 Å². The van der Waals surface area contributed by atoms with Crippen LogP contribution in [0, 0.1) is 0 Å². The molecule has 1 rings (SSSR count). The SMILES string of the molecule is CC(=O)N1CCC(S(=O)(=O)C(C)C)CC1. The lowest BCUT2D eigenvalue weighted by molar-refractivity contribution is -0.129. The van der Waals surface area contributed by atoms with Crippen LogP contribution in [-0.4, -0.2) is 42.8 Å². The number of carbonyl (C=O) groups is 1. The van der Waals surface area contributed by atoms with Crippen molar-refractivity contribution < 1.29 is 13.2 Å². The average molecular weight is 233 g/mol. The van der Waals surface area contributed by atoms with Crippen LogP contribution in [-0.2, 0) is 14.6 Å².